The lowest BCUT2D eigenvalue weighted by molar-refractivity contribution is 0.0544. The van der Waals surface area contributed by atoms with Crippen molar-refractivity contribution >= 4 is 17.0 Å². The number of aromatic nitrogens is 1. The first-order chi connectivity index (χ1) is 9.90. The van der Waals surface area contributed by atoms with Gasteiger partial charge in [-0.15, -0.1) is 0 Å². The highest BCUT2D eigenvalue weighted by molar-refractivity contribution is 5.90. The number of rotatable bonds is 1. The van der Waals surface area contributed by atoms with Gasteiger partial charge in [-0.25, -0.2) is 4.79 Å². The Morgan fingerprint density at radius 2 is 2.10 bits per heavy atom. The summed E-state index contributed by atoms with van der Waals surface area (Å²) in [6.07, 6.45) is 1.36. The molecule has 2 aromatic rings. The molecule has 2 rings (SSSR count). The van der Waals surface area contributed by atoms with Gasteiger partial charge in [-0.1, -0.05) is 11.8 Å². The summed E-state index contributed by atoms with van der Waals surface area (Å²) in [5.74, 6) is 6.09. The molecule has 0 atom stereocenters. The zero-order valence-corrected chi connectivity index (χ0v) is 12.9. The Balaban J connectivity index is 2.30. The van der Waals surface area contributed by atoms with E-state index in [2.05, 4.69) is 17.2 Å². The number of nitrogens with zero attached hydrogens (tertiary/aromatic N) is 1. The molecule has 21 heavy (non-hydrogen) atoms. The van der Waals surface area contributed by atoms with Gasteiger partial charge < -0.3 is 10.1 Å². The van der Waals surface area contributed by atoms with Gasteiger partial charge in [0.05, 0.1) is 12.1 Å². The molecule has 0 saturated carbocycles. The molecule has 1 aromatic carbocycles. The summed E-state index contributed by atoms with van der Waals surface area (Å²) in [7, 11) is 1.86. The Labute approximate surface area is 125 Å². The van der Waals surface area contributed by atoms with Gasteiger partial charge in [-0.05, 0) is 52.1 Å². The van der Waals surface area contributed by atoms with Gasteiger partial charge >= 0.3 is 6.09 Å². The third-order valence-corrected chi connectivity index (χ3v) is 2.78. The van der Waals surface area contributed by atoms with Crippen LogP contribution in [0.5, 0.6) is 0 Å². The molecule has 1 aromatic heterocycles. The smallest absolute Gasteiger partial charge is 0.418 e. The highest BCUT2D eigenvalue weighted by atomic mass is 16.6. The van der Waals surface area contributed by atoms with Crippen molar-refractivity contribution in [1.29, 1.82) is 0 Å². The van der Waals surface area contributed by atoms with Crippen molar-refractivity contribution in [2.24, 2.45) is 0 Å². The molecule has 0 amide bonds. The summed E-state index contributed by atoms with van der Waals surface area (Å²) in [4.78, 5) is 12.1. The van der Waals surface area contributed by atoms with E-state index < -0.39 is 5.60 Å². The standard InChI is InChI=1S/C17H20N2O2/c1-17(2,3)21-16(20)19-11-9-14-12-13(6-5-10-18-4)7-8-15(14)19/h7-9,11-12,18H,10H2,1-4H3. The third kappa shape index (κ3) is 3.87. The van der Waals surface area contributed by atoms with E-state index in [1.54, 1.807) is 6.20 Å². The summed E-state index contributed by atoms with van der Waals surface area (Å²) in [5.41, 5.74) is 1.25. The van der Waals surface area contributed by atoms with E-state index in [0.717, 1.165) is 16.5 Å². The molecule has 0 bridgehead atoms. The first-order valence-corrected chi connectivity index (χ1v) is 6.88. The highest BCUT2D eigenvalue weighted by Gasteiger charge is 2.18. The fraction of sp³-hybridized carbons (Fsp3) is 0.353. The average molecular weight is 284 g/mol. The predicted molar refractivity (Wildman–Crippen MR) is 84.4 cm³/mol. The maximum Gasteiger partial charge on any atom is 0.418 e. The minimum Gasteiger partial charge on any atom is -0.443 e. The number of nitrogens with one attached hydrogen (secondary N) is 1. The zero-order valence-electron chi connectivity index (χ0n) is 12.9. The molecule has 110 valence electrons. The second-order valence-electron chi connectivity index (χ2n) is 5.77. The van der Waals surface area contributed by atoms with Crippen molar-refractivity contribution in [1.82, 2.24) is 9.88 Å². The molecule has 0 aliphatic carbocycles. The van der Waals surface area contributed by atoms with Crippen molar-refractivity contribution in [2.45, 2.75) is 26.4 Å². The van der Waals surface area contributed by atoms with Crippen LogP contribution in [-0.2, 0) is 4.74 Å². The molecular formula is C17H20N2O2. The van der Waals surface area contributed by atoms with Gasteiger partial charge in [0, 0.05) is 17.1 Å². The summed E-state index contributed by atoms with van der Waals surface area (Å²) >= 11 is 0. The van der Waals surface area contributed by atoms with Gasteiger partial charge in [0.2, 0.25) is 0 Å². The van der Waals surface area contributed by atoms with E-state index in [9.17, 15) is 4.79 Å². The maximum atomic E-state index is 12.1. The summed E-state index contributed by atoms with van der Waals surface area (Å²) in [5, 5.41) is 3.95. The van der Waals surface area contributed by atoms with E-state index in [-0.39, 0.29) is 6.09 Å². The van der Waals surface area contributed by atoms with Crippen LogP contribution in [0.2, 0.25) is 0 Å². The Morgan fingerprint density at radius 1 is 1.33 bits per heavy atom. The fourth-order valence-corrected chi connectivity index (χ4v) is 1.93. The van der Waals surface area contributed by atoms with Crippen LogP contribution in [0.3, 0.4) is 0 Å². The first kappa shape index (κ1) is 15.1. The zero-order chi connectivity index (χ0) is 15.5. The lowest BCUT2D eigenvalue weighted by Crippen LogP contribution is -2.26. The van der Waals surface area contributed by atoms with Crippen LogP contribution in [0.15, 0.2) is 30.5 Å². The van der Waals surface area contributed by atoms with E-state index in [0.29, 0.717) is 6.54 Å². The van der Waals surface area contributed by atoms with Gasteiger partial charge in [0.1, 0.15) is 5.60 Å². The number of hydrogen-bond acceptors (Lipinski definition) is 3. The summed E-state index contributed by atoms with van der Waals surface area (Å²) in [6, 6.07) is 7.66. The van der Waals surface area contributed by atoms with Crippen molar-refractivity contribution in [3.63, 3.8) is 0 Å². The first-order valence-electron chi connectivity index (χ1n) is 6.88. The molecule has 4 nitrogen and oxygen atoms in total. The van der Waals surface area contributed by atoms with Crippen molar-refractivity contribution in [3.05, 3.63) is 36.0 Å². The van der Waals surface area contributed by atoms with E-state index in [1.807, 2.05) is 52.1 Å². The molecule has 1 N–H and O–H groups in total. The molecule has 0 aliphatic heterocycles. The molecule has 0 aliphatic rings. The van der Waals surface area contributed by atoms with E-state index in [4.69, 9.17) is 4.74 Å². The van der Waals surface area contributed by atoms with Crippen LogP contribution >= 0.6 is 0 Å². The molecule has 0 radical (unpaired) electrons. The average Bonchev–Trinajstić information content (AvgIpc) is 2.80. The Morgan fingerprint density at radius 3 is 2.76 bits per heavy atom. The van der Waals surface area contributed by atoms with Crippen LogP contribution in [0.1, 0.15) is 26.3 Å². The minimum absolute atomic E-state index is 0.369. The Kier molecular flexibility index (Phi) is 4.35. The van der Waals surface area contributed by atoms with Crippen LogP contribution in [0, 0.1) is 11.8 Å². The third-order valence-electron chi connectivity index (χ3n) is 2.78. The molecule has 4 heteroatoms. The number of fused-ring (bicyclic) bond motifs is 1. The quantitative estimate of drug-likeness (QED) is 0.819. The molecule has 0 fully saturated rings. The SMILES string of the molecule is CNCC#Cc1ccc2c(ccn2C(=O)OC(C)(C)C)c1. The molecule has 0 spiro atoms. The highest BCUT2D eigenvalue weighted by Crippen LogP contribution is 2.19. The minimum atomic E-state index is -0.508. The van der Waals surface area contributed by atoms with E-state index in [1.165, 1.54) is 4.57 Å². The van der Waals surface area contributed by atoms with Gasteiger partial charge in [-0.3, -0.25) is 4.57 Å². The largest absolute Gasteiger partial charge is 0.443 e. The molecular weight excluding hydrogens is 264 g/mol. The molecule has 1 heterocycles. The van der Waals surface area contributed by atoms with Gasteiger partial charge in [0.15, 0.2) is 0 Å². The Hall–Kier alpha value is -2.25. The van der Waals surface area contributed by atoms with Gasteiger partial charge in [-0.2, -0.15) is 0 Å². The number of benzene rings is 1. The number of hydrogen-bond donors (Lipinski definition) is 1. The predicted octanol–water partition coefficient (Wildman–Crippen LogP) is 3.00. The summed E-state index contributed by atoms with van der Waals surface area (Å²) in [6.45, 7) is 6.21. The van der Waals surface area contributed by atoms with Crippen LogP contribution < -0.4 is 5.32 Å². The van der Waals surface area contributed by atoms with Crippen LogP contribution in [0.4, 0.5) is 4.79 Å². The molecule has 0 unspecified atom stereocenters. The molecule has 0 saturated heterocycles. The monoisotopic (exact) mass is 284 g/mol. The number of carbonyl (C=O) groups is 1. The number of ether oxygens (including phenoxy) is 1. The topological polar surface area (TPSA) is 43.3 Å². The fourth-order valence-electron chi connectivity index (χ4n) is 1.93. The summed E-state index contributed by atoms with van der Waals surface area (Å²) < 4.78 is 6.91. The Bertz CT molecular complexity index is 712. The lowest BCUT2D eigenvalue weighted by Gasteiger charge is -2.19. The van der Waals surface area contributed by atoms with E-state index >= 15 is 0 Å². The van der Waals surface area contributed by atoms with Crippen molar-refractivity contribution in [2.75, 3.05) is 13.6 Å². The van der Waals surface area contributed by atoms with Crippen LogP contribution in [0.25, 0.3) is 10.9 Å². The van der Waals surface area contributed by atoms with Gasteiger partial charge in [0.25, 0.3) is 0 Å². The number of carbonyl (C=O) groups excluding carboxylic acids is 1. The maximum absolute atomic E-state index is 12.1. The lowest BCUT2D eigenvalue weighted by atomic mass is 10.1. The van der Waals surface area contributed by atoms with Crippen LogP contribution in [-0.4, -0.2) is 29.9 Å². The van der Waals surface area contributed by atoms with Crippen molar-refractivity contribution < 1.29 is 9.53 Å². The second kappa shape index (κ2) is 6.02. The normalized spacial score (nSPS) is 11.0. The second-order valence-corrected chi connectivity index (χ2v) is 5.77. The van der Waals surface area contributed by atoms with Crippen molar-refractivity contribution in [3.8, 4) is 11.8 Å².